The van der Waals surface area contributed by atoms with Gasteiger partial charge in [-0.2, -0.15) is 5.26 Å². The van der Waals surface area contributed by atoms with Gasteiger partial charge in [-0.3, -0.25) is 4.90 Å². The predicted molar refractivity (Wildman–Crippen MR) is 74.3 cm³/mol. The van der Waals surface area contributed by atoms with Crippen LogP contribution in [0, 0.1) is 24.2 Å². The second-order valence-electron chi connectivity index (χ2n) is 5.22. The van der Waals surface area contributed by atoms with Gasteiger partial charge in [-0.05, 0) is 26.8 Å². The van der Waals surface area contributed by atoms with Gasteiger partial charge >= 0.3 is 0 Å². The van der Waals surface area contributed by atoms with Crippen LogP contribution in [0.2, 0.25) is 0 Å². The summed E-state index contributed by atoms with van der Waals surface area (Å²) in [5.74, 6) is 0.200. The topological polar surface area (TPSA) is 39.9 Å². The highest BCUT2D eigenvalue weighted by atomic mass is 32.1. The summed E-state index contributed by atoms with van der Waals surface area (Å²) in [6, 6.07) is 2.93. The lowest BCUT2D eigenvalue weighted by Crippen LogP contribution is -2.36. The fourth-order valence-electron chi connectivity index (χ4n) is 2.79. The molecule has 3 nitrogen and oxygen atoms in total. The molecule has 0 aromatic carbocycles. The third kappa shape index (κ3) is 3.09. The smallest absolute Gasteiger partial charge is 0.0798 e. The van der Waals surface area contributed by atoms with E-state index in [2.05, 4.69) is 29.9 Å². The lowest BCUT2D eigenvalue weighted by molar-refractivity contribution is 0.184. The zero-order valence-electron chi connectivity index (χ0n) is 11.2. The first kappa shape index (κ1) is 13.5. The Labute approximate surface area is 113 Å². The molecule has 1 heterocycles. The van der Waals surface area contributed by atoms with E-state index in [4.69, 9.17) is 0 Å². The van der Waals surface area contributed by atoms with Crippen molar-refractivity contribution in [3.05, 3.63) is 16.1 Å². The fourth-order valence-corrected chi connectivity index (χ4v) is 3.63. The summed E-state index contributed by atoms with van der Waals surface area (Å²) < 4.78 is 0. The molecule has 2 atom stereocenters. The van der Waals surface area contributed by atoms with Crippen LogP contribution in [0.25, 0.3) is 0 Å². The van der Waals surface area contributed by atoms with Crippen molar-refractivity contribution < 1.29 is 0 Å². The average Bonchev–Trinajstić information content (AvgIpc) is 2.66. The van der Waals surface area contributed by atoms with Crippen LogP contribution < -0.4 is 0 Å². The van der Waals surface area contributed by atoms with Gasteiger partial charge in [0.05, 0.1) is 23.2 Å². The van der Waals surface area contributed by atoms with Crippen LogP contribution in [0.5, 0.6) is 0 Å². The van der Waals surface area contributed by atoms with E-state index in [-0.39, 0.29) is 5.92 Å². The van der Waals surface area contributed by atoms with Gasteiger partial charge in [-0.25, -0.2) is 4.98 Å². The summed E-state index contributed by atoms with van der Waals surface area (Å²) in [5.41, 5.74) is 3.04. The van der Waals surface area contributed by atoms with Gasteiger partial charge in [0.15, 0.2) is 0 Å². The molecule has 1 fully saturated rings. The number of nitriles is 1. The van der Waals surface area contributed by atoms with Gasteiger partial charge in [-0.1, -0.05) is 19.3 Å². The highest BCUT2D eigenvalue weighted by molar-refractivity contribution is 7.09. The molecular formula is C14H21N3S. The molecule has 2 unspecified atom stereocenters. The first-order valence-corrected chi connectivity index (χ1v) is 7.59. The Kier molecular flexibility index (Phi) is 4.73. The quantitative estimate of drug-likeness (QED) is 0.785. The zero-order valence-corrected chi connectivity index (χ0v) is 12.0. The van der Waals surface area contributed by atoms with Gasteiger partial charge in [0.2, 0.25) is 0 Å². The molecule has 1 aromatic heterocycles. The molecule has 18 heavy (non-hydrogen) atoms. The molecule has 4 heteroatoms. The van der Waals surface area contributed by atoms with Gasteiger partial charge in [0, 0.05) is 17.5 Å². The van der Waals surface area contributed by atoms with Crippen LogP contribution in [-0.2, 0) is 6.54 Å². The Morgan fingerprint density at radius 3 is 2.89 bits per heavy atom. The molecular weight excluding hydrogens is 242 g/mol. The number of aromatic nitrogens is 1. The maximum absolute atomic E-state index is 9.33. The third-order valence-electron chi connectivity index (χ3n) is 3.95. The summed E-state index contributed by atoms with van der Waals surface area (Å²) in [6.07, 6.45) is 5.97. The number of rotatable bonds is 3. The molecule has 0 amide bonds. The number of thiazole rings is 1. The molecule has 0 bridgehead atoms. The van der Waals surface area contributed by atoms with Crippen LogP contribution in [0.1, 0.15) is 42.7 Å². The van der Waals surface area contributed by atoms with Crippen LogP contribution >= 0.6 is 11.3 Å². The van der Waals surface area contributed by atoms with Crippen molar-refractivity contribution in [2.75, 3.05) is 7.05 Å². The molecule has 98 valence electrons. The molecule has 0 saturated heterocycles. The van der Waals surface area contributed by atoms with Crippen molar-refractivity contribution in [2.45, 2.75) is 51.6 Å². The van der Waals surface area contributed by atoms with Gasteiger partial charge in [0.25, 0.3) is 0 Å². The predicted octanol–water partition coefficient (Wildman–Crippen LogP) is 3.36. The fraction of sp³-hybridized carbons (Fsp3) is 0.714. The Morgan fingerprint density at radius 1 is 1.44 bits per heavy atom. The van der Waals surface area contributed by atoms with Gasteiger partial charge < -0.3 is 0 Å². The molecule has 0 spiro atoms. The van der Waals surface area contributed by atoms with E-state index < -0.39 is 0 Å². The molecule has 1 saturated carbocycles. The number of aryl methyl sites for hydroxylation is 1. The van der Waals surface area contributed by atoms with Crippen molar-refractivity contribution in [3.63, 3.8) is 0 Å². The van der Waals surface area contributed by atoms with Crippen molar-refractivity contribution in [2.24, 2.45) is 5.92 Å². The van der Waals surface area contributed by atoms with E-state index in [1.54, 1.807) is 11.3 Å². The Bertz CT molecular complexity index is 421. The lowest BCUT2D eigenvalue weighted by Gasteiger charge is -2.29. The standard InChI is InChI=1S/C14H21N3S/c1-11-14(18-10-16-11)9-17(2)13-7-5-3-4-6-12(13)8-15/h10,12-13H,3-7,9H2,1-2H3. The largest absolute Gasteiger partial charge is 0.297 e. The molecule has 0 N–H and O–H groups in total. The first-order valence-electron chi connectivity index (χ1n) is 6.71. The maximum Gasteiger partial charge on any atom is 0.0798 e. The summed E-state index contributed by atoms with van der Waals surface area (Å²) >= 11 is 1.72. The van der Waals surface area contributed by atoms with E-state index >= 15 is 0 Å². The minimum Gasteiger partial charge on any atom is -0.297 e. The zero-order chi connectivity index (χ0) is 13.0. The highest BCUT2D eigenvalue weighted by Gasteiger charge is 2.27. The molecule has 2 rings (SSSR count). The van der Waals surface area contributed by atoms with Crippen molar-refractivity contribution in [1.82, 2.24) is 9.88 Å². The molecule has 1 aliphatic rings. The van der Waals surface area contributed by atoms with Crippen molar-refractivity contribution in [3.8, 4) is 6.07 Å². The maximum atomic E-state index is 9.33. The Hall–Kier alpha value is -0.920. The van der Waals surface area contributed by atoms with E-state index in [1.807, 2.05) is 5.51 Å². The average molecular weight is 263 g/mol. The van der Waals surface area contributed by atoms with E-state index in [0.29, 0.717) is 6.04 Å². The Balaban J connectivity index is 2.04. The van der Waals surface area contributed by atoms with E-state index in [9.17, 15) is 5.26 Å². The second-order valence-corrected chi connectivity index (χ2v) is 6.16. The minimum absolute atomic E-state index is 0.200. The van der Waals surface area contributed by atoms with Crippen LogP contribution in [0.3, 0.4) is 0 Å². The van der Waals surface area contributed by atoms with Crippen LogP contribution in [0.4, 0.5) is 0 Å². The van der Waals surface area contributed by atoms with Crippen LogP contribution in [-0.4, -0.2) is 23.0 Å². The first-order chi connectivity index (χ1) is 8.72. The van der Waals surface area contributed by atoms with Gasteiger partial charge in [-0.15, -0.1) is 11.3 Å². The molecule has 1 aromatic rings. The third-order valence-corrected chi connectivity index (χ3v) is 4.87. The lowest BCUT2D eigenvalue weighted by atomic mass is 9.95. The normalized spacial score (nSPS) is 24.8. The van der Waals surface area contributed by atoms with Crippen molar-refractivity contribution >= 4 is 11.3 Å². The summed E-state index contributed by atoms with van der Waals surface area (Å²) in [7, 11) is 2.15. The second kappa shape index (κ2) is 6.31. The molecule has 0 aliphatic heterocycles. The van der Waals surface area contributed by atoms with E-state index in [0.717, 1.165) is 25.1 Å². The minimum atomic E-state index is 0.200. The Morgan fingerprint density at radius 2 is 2.22 bits per heavy atom. The highest BCUT2D eigenvalue weighted by Crippen LogP contribution is 2.28. The van der Waals surface area contributed by atoms with Crippen LogP contribution in [0.15, 0.2) is 5.51 Å². The monoisotopic (exact) mass is 263 g/mol. The van der Waals surface area contributed by atoms with Gasteiger partial charge in [0.1, 0.15) is 0 Å². The summed E-state index contributed by atoms with van der Waals surface area (Å²) in [6.45, 7) is 2.99. The number of hydrogen-bond acceptors (Lipinski definition) is 4. The van der Waals surface area contributed by atoms with E-state index in [1.165, 1.54) is 24.1 Å². The van der Waals surface area contributed by atoms with Crippen molar-refractivity contribution in [1.29, 1.82) is 5.26 Å². The SMILES string of the molecule is Cc1ncsc1CN(C)C1CCCCCC1C#N. The summed E-state index contributed by atoms with van der Waals surface area (Å²) in [4.78, 5) is 7.99. The number of nitrogens with zero attached hydrogens (tertiary/aromatic N) is 3. The molecule has 0 radical (unpaired) electrons. The molecule has 1 aliphatic carbocycles. The number of hydrogen-bond donors (Lipinski definition) is 0. The summed E-state index contributed by atoms with van der Waals surface area (Å²) in [5, 5.41) is 9.33.